The summed E-state index contributed by atoms with van der Waals surface area (Å²) >= 11 is 1.68. The third kappa shape index (κ3) is 2.26. The number of rotatable bonds is 3. The van der Waals surface area contributed by atoms with Crippen molar-refractivity contribution in [1.82, 2.24) is 14.9 Å². The molecule has 4 nitrogen and oxygen atoms in total. The van der Waals surface area contributed by atoms with Gasteiger partial charge >= 0.3 is 0 Å². The summed E-state index contributed by atoms with van der Waals surface area (Å²) in [5.74, 6) is 2.31. The number of hydrogen-bond acceptors (Lipinski definition) is 4. The minimum absolute atomic E-state index is 0.370. The highest BCUT2D eigenvalue weighted by atomic mass is 32.1. The van der Waals surface area contributed by atoms with Crippen LogP contribution in [0, 0.1) is 17.8 Å². The van der Waals surface area contributed by atoms with Crippen LogP contribution in [0.25, 0.3) is 21.3 Å². The zero-order chi connectivity index (χ0) is 16.4. The molecule has 5 heterocycles. The molecule has 2 unspecified atom stereocenters. The van der Waals surface area contributed by atoms with Gasteiger partial charge in [-0.25, -0.2) is 4.98 Å². The summed E-state index contributed by atoms with van der Waals surface area (Å²) in [6.07, 6.45) is 7.11. The lowest BCUT2D eigenvalue weighted by Gasteiger charge is -2.55. The van der Waals surface area contributed by atoms with E-state index in [-0.39, 0.29) is 0 Å². The van der Waals surface area contributed by atoms with Crippen molar-refractivity contribution in [2.24, 2.45) is 17.8 Å². The van der Waals surface area contributed by atoms with Gasteiger partial charge in [-0.05, 0) is 24.8 Å². The Morgan fingerprint density at radius 3 is 2.80 bits per heavy atom. The van der Waals surface area contributed by atoms with Gasteiger partial charge < -0.3 is 14.6 Å². The van der Waals surface area contributed by atoms with Crippen LogP contribution in [0.4, 0.5) is 0 Å². The Kier molecular flexibility index (Phi) is 3.05. The van der Waals surface area contributed by atoms with Gasteiger partial charge in [0.1, 0.15) is 6.10 Å². The molecule has 1 aliphatic carbocycles. The summed E-state index contributed by atoms with van der Waals surface area (Å²) in [4.78, 5) is 11.8. The Balaban J connectivity index is 1.28. The van der Waals surface area contributed by atoms with Crippen molar-refractivity contribution >= 4 is 22.2 Å². The van der Waals surface area contributed by atoms with Crippen LogP contribution in [0.3, 0.4) is 0 Å². The number of fused-ring (bicyclic) bond motifs is 1. The Labute approximate surface area is 150 Å². The van der Waals surface area contributed by atoms with Crippen molar-refractivity contribution in [2.75, 3.05) is 19.6 Å². The molecule has 5 heteroatoms. The Hall–Kier alpha value is -1.85. The van der Waals surface area contributed by atoms with Gasteiger partial charge in [-0.2, -0.15) is 0 Å². The smallest absolute Gasteiger partial charge is 0.274 e. The first-order chi connectivity index (χ1) is 12.3. The molecule has 3 saturated heterocycles. The van der Waals surface area contributed by atoms with Crippen LogP contribution >= 0.6 is 11.3 Å². The third-order valence-corrected chi connectivity index (χ3v) is 7.20. The normalized spacial score (nSPS) is 33.2. The number of aromatic amines is 1. The van der Waals surface area contributed by atoms with Gasteiger partial charge in [-0.3, -0.25) is 0 Å². The van der Waals surface area contributed by atoms with Crippen LogP contribution in [0.2, 0.25) is 0 Å². The van der Waals surface area contributed by atoms with E-state index in [0.29, 0.717) is 17.9 Å². The number of hydrogen-bond donors (Lipinski definition) is 1. The number of aromatic nitrogens is 2. The number of ether oxygens (including phenoxy) is 1. The van der Waals surface area contributed by atoms with Gasteiger partial charge in [0, 0.05) is 60.3 Å². The summed E-state index contributed by atoms with van der Waals surface area (Å²) in [5, 5.41) is 2.09. The minimum atomic E-state index is 0.370. The van der Waals surface area contributed by atoms with Gasteiger partial charge in [0.25, 0.3) is 5.19 Å². The molecule has 25 heavy (non-hydrogen) atoms. The maximum absolute atomic E-state index is 6.45. The van der Waals surface area contributed by atoms with E-state index >= 15 is 0 Å². The maximum atomic E-state index is 6.45. The van der Waals surface area contributed by atoms with Crippen molar-refractivity contribution in [1.29, 1.82) is 0 Å². The first-order valence-electron chi connectivity index (χ1n) is 9.25. The zero-order valence-electron chi connectivity index (χ0n) is 14.0. The summed E-state index contributed by atoms with van der Waals surface area (Å²) < 4.78 is 6.45. The largest absolute Gasteiger partial charge is 0.466 e. The van der Waals surface area contributed by atoms with Crippen molar-refractivity contribution in [2.45, 2.75) is 18.9 Å². The van der Waals surface area contributed by atoms with Crippen LogP contribution in [-0.4, -0.2) is 40.6 Å². The van der Waals surface area contributed by atoms with Crippen molar-refractivity contribution < 1.29 is 4.74 Å². The number of H-pyrrole nitrogens is 1. The molecule has 4 aliphatic rings. The highest BCUT2D eigenvalue weighted by Gasteiger charge is 2.48. The van der Waals surface area contributed by atoms with Crippen molar-refractivity contribution in [3.05, 3.63) is 36.7 Å². The fourth-order valence-corrected chi connectivity index (χ4v) is 6.22. The predicted molar refractivity (Wildman–Crippen MR) is 100.0 cm³/mol. The molecule has 0 radical (unpaired) electrons. The first-order valence-corrected chi connectivity index (χ1v) is 10.1. The van der Waals surface area contributed by atoms with Crippen molar-refractivity contribution in [3.8, 4) is 15.6 Å². The molecule has 2 aromatic heterocycles. The van der Waals surface area contributed by atoms with E-state index in [1.54, 1.807) is 11.3 Å². The molecule has 4 bridgehead atoms. The minimum Gasteiger partial charge on any atom is -0.466 e. The van der Waals surface area contributed by atoms with Crippen LogP contribution in [0.1, 0.15) is 12.8 Å². The first kappa shape index (κ1) is 14.3. The van der Waals surface area contributed by atoms with E-state index in [0.717, 1.165) is 11.1 Å². The van der Waals surface area contributed by atoms with Crippen LogP contribution < -0.4 is 4.74 Å². The molecule has 2 atom stereocenters. The van der Waals surface area contributed by atoms with Crippen LogP contribution in [-0.2, 0) is 0 Å². The average Bonchev–Trinajstić information content (AvgIpc) is 3.24. The quantitative estimate of drug-likeness (QED) is 0.775. The molecule has 0 amide bonds. The Morgan fingerprint density at radius 2 is 1.96 bits per heavy atom. The maximum Gasteiger partial charge on any atom is 0.274 e. The van der Waals surface area contributed by atoms with E-state index in [1.165, 1.54) is 53.8 Å². The number of thiazole rings is 1. The number of piperidine rings is 3. The van der Waals surface area contributed by atoms with Crippen molar-refractivity contribution in [3.63, 3.8) is 0 Å². The average molecular weight is 351 g/mol. The zero-order valence-corrected chi connectivity index (χ0v) is 14.8. The molecule has 3 aliphatic heterocycles. The van der Waals surface area contributed by atoms with Gasteiger partial charge in [-0.15, -0.1) is 0 Å². The molecule has 1 N–H and O–H groups in total. The van der Waals surface area contributed by atoms with Gasteiger partial charge in [0.05, 0.1) is 4.88 Å². The topological polar surface area (TPSA) is 41.1 Å². The number of para-hydroxylation sites is 1. The molecule has 1 saturated carbocycles. The van der Waals surface area contributed by atoms with E-state index < -0.39 is 0 Å². The summed E-state index contributed by atoms with van der Waals surface area (Å²) in [5.41, 5.74) is 2.39. The fourth-order valence-electron chi connectivity index (χ4n) is 5.38. The van der Waals surface area contributed by atoms with E-state index in [2.05, 4.69) is 45.3 Å². The second kappa shape index (κ2) is 5.32. The Morgan fingerprint density at radius 1 is 1.12 bits per heavy atom. The number of nitrogens with one attached hydrogen (secondary N) is 1. The lowest BCUT2D eigenvalue weighted by Crippen LogP contribution is -2.61. The molecule has 0 spiro atoms. The van der Waals surface area contributed by atoms with E-state index in [9.17, 15) is 0 Å². The molecular formula is C20H21N3OS. The lowest BCUT2D eigenvalue weighted by molar-refractivity contribution is -0.0985. The van der Waals surface area contributed by atoms with Crippen LogP contribution in [0.5, 0.6) is 5.19 Å². The van der Waals surface area contributed by atoms with Gasteiger partial charge in [0.2, 0.25) is 0 Å². The van der Waals surface area contributed by atoms with Gasteiger partial charge in [0.15, 0.2) is 0 Å². The highest BCUT2D eigenvalue weighted by molar-refractivity contribution is 7.16. The monoisotopic (exact) mass is 351 g/mol. The number of nitrogens with zero attached hydrogens (tertiary/aromatic N) is 2. The molecular weight excluding hydrogens is 330 g/mol. The lowest BCUT2D eigenvalue weighted by atomic mass is 9.66. The molecule has 7 rings (SSSR count). The van der Waals surface area contributed by atoms with E-state index in [4.69, 9.17) is 4.74 Å². The SMILES string of the molecule is c1ccc2c(-c3cnc(OC4C5CC6CC4CN(C6)C5)s3)c[nH]c2c1. The third-order valence-electron chi connectivity index (χ3n) is 6.28. The Bertz CT molecular complexity index is 902. The highest BCUT2D eigenvalue weighted by Crippen LogP contribution is 2.45. The molecule has 1 aromatic carbocycles. The summed E-state index contributed by atoms with van der Waals surface area (Å²) in [7, 11) is 0. The standard InChI is InChI=1S/C20H21N3OS/c1-2-4-17-15(3-1)16(7-21-17)18-8-22-20(25-18)24-19-13-5-12-6-14(19)11-23(9-12)10-13/h1-4,7-8,12-14,19,21H,5-6,9-11H2. The van der Waals surface area contributed by atoms with E-state index in [1.807, 2.05) is 6.20 Å². The summed E-state index contributed by atoms with van der Waals surface area (Å²) in [6.45, 7) is 3.76. The second-order valence-electron chi connectivity index (χ2n) is 7.90. The molecule has 3 aromatic rings. The number of benzene rings is 1. The predicted octanol–water partition coefficient (Wildman–Crippen LogP) is 4.01. The fraction of sp³-hybridized carbons (Fsp3) is 0.450. The molecule has 4 fully saturated rings. The van der Waals surface area contributed by atoms with Crippen LogP contribution in [0.15, 0.2) is 36.7 Å². The summed E-state index contributed by atoms with van der Waals surface area (Å²) in [6, 6.07) is 8.42. The second-order valence-corrected chi connectivity index (χ2v) is 8.89. The molecule has 128 valence electrons. The van der Waals surface area contributed by atoms with Gasteiger partial charge in [-0.1, -0.05) is 29.5 Å².